The predicted octanol–water partition coefficient (Wildman–Crippen LogP) is 2.63. The topological polar surface area (TPSA) is 75.9 Å². The summed E-state index contributed by atoms with van der Waals surface area (Å²) in [5.41, 5.74) is 3.66. The lowest BCUT2D eigenvalue weighted by Crippen LogP contribution is -2.18. The Morgan fingerprint density at radius 1 is 1.26 bits per heavy atom. The van der Waals surface area contributed by atoms with Crippen LogP contribution in [-0.4, -0.2) is 16.5 Å². The SMILES string of the molecule is CCCc1nc(NN)c(C)c(NCCC2CCC2)n1. The molecular weight excluding hydrogens is 238 g/mol. The van der Waals surface area contributed by atoms with Crippen molar-refractivity contribution in [2.45, 2.75) is 52.4 Å². The summed E-state index contributed by atoms with van der Waals surface area (Å²) in [4.78, 5) is 9.02. The normalized spacial score (nSPS) is 15.1. The molecule has 0 aromatic carbocycles. The molecule has 0 bridgehead atoms. The Hall–Kier alpha value is -1.36. The zero-order valence-corrected chi connectivity index (χ0v) is 12.0. The van der Waals surface area contributed by atoms with Crippen molar-refractivity contribution >= 4 is 11.6 Å². The van der Waals surface area contributed by atoms with Gasteiger partial charge in [-0.15, -0.1) is 0 Å². The van der Waals surface area contributed by atoms with Crippen molar-refractivity contribution in [3.63, 3.8) is 0 Å². The molecule has 5 heteroatoms. The first-order valence-corrected chi connectivity index (χ1v) is 7.32. The minimum atomic E-state index is 0.726. The molecule has 1 fully saturated rings. The van der Waals surface area contributed by atoms with Crippen LogP contribution in [0, 0.1) is 12.8 Å². The summed E-state index contributed by atoms with van der Waals surface area (Å²) >= 11 is 0. The Bertz CT molecular complexity index is 415. The molecule has 1 heterocycles. The van der Waals surface area contributed by atoms with Gasteiger partial charge in [0, 0.05) is 18.5 Å². The van der Waals surface area contributed by atoms with Crippen LogP contribution in [0.25, 0.3) is 0 Å². The quantitative estimate of drug-likeness (QED) is 0.521. The number of aromatic nitrogens is 2. The van der Waals surface area contributed by atoms with E-state index in [4.69, 9.17) is 5.84 Å². The highest BCUT2D eigenvalue weighted by Crippen LogP contribution is 2.29. The van der Waals surface area contributed by atoms with Gasteiger partial charge in [0.1, 0.15) is 17.5 Å². The molecule has 0 aliphatic heterocycles. The Morgan fingerprint density at radius 2 is 2.00 bits per heavy atom. The first kappa shape index (κ1) is 14.1. The minimum absolute atomic E-state index is 0.726. The highest BCUT2D eigenvalue weighted by Gasteiger charge is 2.17. The summed E-state index contributed by atoms with van der Waals surface area (Å²) in [5, 5.41) is 3.44. The van der Waals surface area contributed by atoms with Crippen molar-refractivity contribution in [2.24, 2.45) is 11.8 Å². The van der Waals surface area contributed by atoms with Gasteiger partial charge >= 0.3 is 0 Å². The van der Waals surface area contributed by atoms with Crippen molar-refractivity contribution in [1.29, 1.82) is 0 Å². The minimum Gasteiger partial charge on any atom is -0.370 e. The van der Waals surface area contributed by atoms with Gasteiger partial charge < -0.3 is 10.7 Å². The van der Waals surface area contributed by atoms with Crippen LogP contribution < -0.4 is 16.6 Å². The van der Waals surface area contributed by atoms with Crippen LogP contribution in [0.5, 0.6) is 0 Å². The molecule has 106 valence electrons. The maximum Gasteiger partial charge on any atom is 0.148 e. The lowest BCUT2D eigenvalue weighted by atomic mass is 9.83. The maximum atomic E-state index is 5.52. The fourth-order valence-corrected chi connectivity index (χ4v) is 2.39. The van der Waals surface area contributed by atoms with E-state index in [9.17, 15) is 0 Å². The largest absolute Gasteiger partial charge is 0.370 e. The molecule has 1 aromatic rings. The molecule has 4 N–H and O–H groups in total. The molecule has 2 rings (SSSR count). The van der Waals surface area contributed by atoms with E-state index in [1.165, 1.54) is 25.7 Å². The van der Waals surface area contributed by atoms with Crippen molar-refractivity contribution in [3.05, 3.63) is 11.4 Å². The summed E-state index contributed by atoms with van der Waals surface area (Å²) in [5.74, 6) is 8.94. The van der Waals surface area contributed by atoms with E-state index in [1.807, 2.05) is 6.92 Å². The van der Waals surface area contributed by atoms with Crippen LogP contribution >= 0.6 is 0 Å². The molecule has 0 radical (unpaired) electrons. The number of nitrogens with one attached hydrogen (secondary N) is 2. The van der Waals surface area contributed by atoms with E-state index in [1.54, 1.807) is 0 Å². The number of hydrogen-bond donors (Lipinski definition) is 3. The summed E-state index contributed by atoms with van der Waals surface area (Å²) in [6.07, 6.45) is 7.33. The van der Waals surface area contributed by atoms with Crippen LogP contribution in [0.2, 0.25) is 0 Å². The molecule has 0 spiro atoms. The number of anilines is 2. The Labute approximate surface area is 115 Å². The van der Waals surface area contributed by atoms with Crippen LogP contribution in [0.4, 0.5) is 11.6 Å². The standard InChI is InChI=1S/C14H25N5/c1-3-5-12-17-13(10(2)14(18-12)19-15)16-9-8-11-6-4-7-11/h11H,3-9,15H2,1-2H3,(H2,16,17,18,19). The molecule has 1 aliphatic rings. The molecule has 1 aromatic heterocycles. The monoisotopic (exact) mass is 263 g/mol. The van der Waals surface area contributed by atoms with Crippen LogP contribution in [-0.2, 0) is 6.42 Å². The molecule has 0 atom stereocenters. The summed E-state index contributed by atoms with van der Waals surface area (Å²) in [6.45, 7) is 5.11. The number of hydrogen-bond acceptors (Lipinski definition) is 5. The van der Waals surface area contributed by atoms with Crippen molar-refractivity contribution in [2.75, 3.05) is 17.3 Å². The van der Waals surface area contributed by atoms with Gasteiger partial charge in [-0.1, -0.05) is 26.2 Å². The van der Waals surface area contributed by atoms with E-state index < -0.39 is 0 Å². The van der Waals surface area contributed by atoms with Crippen LogP contribution in [0.1, 0.15) is 50.4 Å². The van der Waals surface area contributed by atoms with Crippen LogP contribution in [0.15, 0.2) is 0 Å². The summed E-state index contributed by atoms with van der Waals surface area (Å²) < 4.78 is 0. The van der Waals surface area contributed by atoms with Gasteiger partial charge in [-0.25, -0.2) is 15.8 Å². The second kappa shape index (κ2) is 6.70. The summed E-state index contributed by atoms with van der Waals surface area (Å²) in [7, 11) is 0. The van der Waals surface area contributed by atoms with Crippen molar-refractivity contribution < 1.29 is 0 Å². The van der Waals surface area contributed by atoms with Crippen molar-refractivity contribution in [1.82, 2.24) is 9.97 Å². The summed E-state index contributed by atoms with van der Waals surface area (Å²) in [6, 6.07) is 0. The molecule has 0 saturated heterocycles. The molecule has 1 saturated carbocycles. The fraction of sp³-hybridized carbons (Fsp3) is 0.714. The van der Waals surface area contributed by atoms with Gasteiger partial charge in [0.25, 0.3) is 0 Å². The number of hydrazine groups is 1. The molecule has 1 aliphatic carbocycles. The van der Waals surface area contributed by atoms with E-state index in [2.05, 4.69) is 27.6 Å². The van der Waals surface area contributed by atoms with E-state index >= 15 is 0 Å². The van der Waals surface area contributed by atoms with E-state index in [0.717, 1.165) is 48.3 Å². The van der Waals surface area contributed by atoms with E-state index in [0.29, 0.717) is 0 Å². The van der Waals surface area contributed by atoms with Crippen LogP contribution in [0.3, 0.4) is 0 Å². The predicted molar refractivity (Wildman–Crippen MR) is 79.0 cm³/mol. The Kier molecular flexibility index (Phi) is 4.96. The highest BCUT2D eigenvalue weighted by atomic mass is 15.3. The number of nitrogens with zero attached hydrogens (tertiary/aromatic N) is 2. The third-order valence-corrected chi connectivity index (χ3v) is 3.87. The van der Waals surface area contributed by atoms with Gasteiger partial charge in [-0.2, -0.15) is 0 Å². The average Bonchev–Trinajstić information content (AvgIpc) is 2.35. The Morgan fingerprint density at radius 3 is 2.58 bits per heavy atom. The third-order valence-electron chi connectivity index (χ3n) is 3.87. The zero-order valence-electron chi connectivity index (χ0n) is 12.0. The maximum absolute atomic E-state index is 5.52. The number of aryl methyl sites for hydroxylation is 1. The molecule has 0 unspecified atom stereocenters. The molecular formula is C14H25N5. The van der Waals surface area contributed by atoms with Gasteiger partial charge in [-0.3, -0.25) is 0 Å². The fourth-order valence-electron chi connectivity index (χ4n) is 2.39. The van der Waals surface area contributed by atoms with Crippen molar-refractivity contribution in [3.8, 4) is 0 Å². The lowest BCUT2D eigenvalue weighted by molar-refractivity contribution is 0.303. The first-order chi connectivity index (χ1) is 9.24. The number of nitrogen functional groups attached to an aromatic ring is 1. The van der Waals surface area contributed by atoms with Gasteiger partial charge in [-0.05, 0) is 25.7 Å². The molecule has 19 heavy (non-hydrogen) atoms. The average molecular weight is 263 g/mol. The zero-order chi connectivity index (χ0) is 13.7. The smallest absolute Gasteiger partial charge is 0.148 e. The highest BCUT2D eigenvalue weighted by molar-refractivity contribution is 5.56. The first-order valence-electron chi connectivity index (χ1n) is 7.32. The van der Waals surface area contributed by atoms with E-state index in [-0.39, 0.29) is 0 Å². The molecule has 0 amide bonds. The Balaban J connectivity index is 2.01. The molecule has 5 nitrogen and oxygen atoms in total. The number of nitrogens with two attached hydrogens (primary N) is 1. The third kappa shape index (κ3) is 3.56. The van der Waals surface area contributed by atoms with Gasteiger partial charge in [0.2, 0.25) is 0 Å². The van der Waals surface area contributed by atoms with Gasteiger partial charge in [0.05, 0.1) is 0 Å². The lowest BCUT2D eigenvalue weighted by Gasteiger charge is -2.25. The second-order valence-electron chi connectivity index (χ2n) is 5.37. The second-order valence-corrected chi connectivity index (χ2v) is 5.37. The number of rotatable bonds is 7. The van der Waals surface area contributed by atoms with Gasteiger partial charge in [0.15, 0.2) is 0 Å².